The van der Waals surface area contributed by atoms with E-state index in [9.17, 15) is 9.36 Å². The molecule has 2 atom stereocenters. The lowest BCUT2D eigenvalue weighted by Crippen LogP contribution is -2.33. The molecule has 1 aromatic carbocycles. The van der Waals surface area contributed by atoms with Gasteiger partial charge in [-0.05, 0) is 45.2 Å². The molecule has 2 aromatic rings. The van der Waals surface area contributed by atoms with E-state index in [-0.39, 0.29) is 18.9 Å². The van der Waals surface area contributed by atoms with E-state index in [1.807, 2.05) is 0 Å². The van der Waals surface area contributed by atoms with Gasteiger partial charge in [0.2, 0.25) is 13.3 Å². The Kier molecular flexibility index (Phi) is 8.39. The first-order valence-electron chi connectivity index (χ1n) is 10.4. The maximum atomic E-state index is 13.0. The molecule has 2 rings (SSSR count). The minimum Gasteiger partial charge on any atom is -0.459 e. The Morgan fingerprint density at radius 3 is 2.37 bits per heavy atom. The maximum Gasteiger partial charge on any atom is 0.319 e. The summed E-state index contributed by atoms with van der Waals surface area (Å²) in [6.07, 6.45) is 2.68. The zero-order chi connectivity index (χ0) is 22.4. The third kappa shape index (κ3) is 7.37. The molecule has 0 spiro atoms. The van der Waals surface area contributed by atoms with Crippen LogP contribution in [0.1, 0.15) is 63.9 Å². The van der Waals surface area contributed by atoms with Gasteiger partial charge in [0.25, 0.3) is 0 Å². The summed E-state index contributed by atoms with van der Waals surface area (Å²) in [6, 6.07) is 8.32. The molecule has 166 valence electrons. The molecule has 1 aromatic heterocycles. The highest BCUT2D eigenvalue weighted by Gasteiger charge is 2.40. The van der Waals surface area contributed by atoms with E-state index >= 15 is 0 Å². The summed E-state index contributed by atoms with van der Waals surface area (Å²) in [5, 5.41) is 4.02. The monoisotopic (exact) mass is 436 g/mol. The molecule has 7 nitrogen and oxygen atoms in total. The molecule has 0 aliphatic carbocycles. The maximum absolute atomic E-state index is 13.0. The Bertz CT molecular complexity index is 870. The van der Waals surface area contributed by atoms with Crippen LogP contribution in [0, 0.1) is 0 Å². The molecule has 30 heavy (non-hydrogen) atoms. The average Bonchev–Trinajstić information content (AvgIpc) is 3.07. The fourth-order valence-corrected chi connectivity index (χ4v) is 4.68. The van der Waals surface area contributed by atoms with Gasteiger partial charge in [0.15, 0.2) is 5.82 Å². The number of hydrogen-bond donors (Lipinski definition) is 0. The van der Waals surface area contributed by atoms with E-state index in [1.54, 1.807) is 27.7 Å². The van der Waals surface area contributed by atoms with E-state index < -0.39 is 24.6 Å². The first kappa shape index (κ1) is 24.3. The summed E-state index contributed by atoms with van der Waals surface area (Å²) in [5.74, 6) is 0.164. The number of aryl methyl sites for hydroxylation is 1. The molecule has 0 N–H and O–H groups in total. The lowest BCUT2D eigenvalue weighted by molar-refractivity contribution is -0.154. The van der Waals surface area contributed by atoms with Crippen molar-refractivity contribution in [2.75, 3.05) is 13.3 Å². The second-order valence-corrected chi connectivity index (χ2v) is 11.1. The van der Waals surface area contributed by atoms with Gasteiger partial charge < -0.3 is 13.8 Å². The van der Waals surface area contributed by atoms with Crippen molar-refractivity contribution in [1.82, 2.24) is 10.1 Å². The molecule has 0 fully saturated rings. The van der Waals surface area contributed by atoms with Crippen molar-refractivity contribution in [3.8, 4) is 0 Å². The Morgan fingerprint density at radius 1 is 1.17 bits per heavy atom. The number of carbonyl (C=O) groups is 1. The predicted octanol–water partition coefficient (Wildman–Crippen LogP) is 4.81. The summed E-state index contributed by atoms with van der Waals surface area (Å²) >= 11 is 0. The number of rotatable bonds is 10. The number of benzene rings is 1. The van der Waals surface area contributed by atoms with Gasteiger partial charge in [0.1, 0.15) is 11.3 Å². The zero-order valence-electron chi connectivity index (χ0n) is 18.8. The normalized spacial score (nSPS) is 14.9. The van der Waals surface area contributed by atoms with Gasteiger partial charge in [-0.1, -0.05) is 42.8 Å². The smallest absolute Gasteiger partial charge is 0.319 e. The van der Waals surface area contributed by atoms with Crippen LogP contribution in [0.25, 0.3) is 0 Å². The Labute approximate surface area is 179 Å². The fourth-order valence-electron chi connectivity index (χ4n) is 3.06. The quantitative estimate of drug-likeness (QED) is 0.390. The van der Waals surface area contributed by atoms with Crippen LogP contribution in [0.3, 0.4) is 0 Å². The number of ether oxygens (including phenoxy) is 1. The minimum absolute atomic E-state index is 0.00509. The van der Waals surface area contributed by atoms with Gasteiger partial charge in [-0.2, -0.15) is 4.98 Å². The van der Waals surface area contributed by atoms with Crippen LogP contribution in [0.5, 0.6) is 0 Å². The summed E-state index contributed by atoms with van der Waals surface area (Å²) in [5.41, 5.74) is 0.662. The molecule has 1 heterocycles. The van der Waals surface area contributed by atoms with E-state index in [2.05, 4.69) is 41.3 Å². The van der Waals surface area contributed by atoms with E-state index in [0.29, 0.717) is 12.2 Å². The molecular formula is C22H33N2O5P. The molecule has 0 radical (unpaired) electrons. The van der Waals surface area contributed by atoms with Crippen molar-refractivity contribution in [2.45, 2.75) is 71.6 Å². The fraction of sp³-hybridized carbons (Fsp3) is 0.591. The van der Waals surface area contributed by atoms with Crippen molar-refractivity contribution in [3.63, 3.8) is 0 Å². The molecule has 0 amide bonds. The molecule has 0 saturated carbocycles. The first-order chi connectivity index (χ1) is 14.0. The lowest BCUT2D eigenvalue weighted by Gasteiger charge is -2.26. The highest BCUT2D eigenvalue weighted by Crippen LogP contribution is 2.50. The van der Waals surface area contributed by atoms with Crippen LogP contribution in [0.2, 0.25) is 0 Å². The van der Waals surface area contributed by atoms with Gasteiger partial charge in [0, 0.05) is 19.5 Å². The standard InChI is InChI=1S/C22H33N2O5P/c1-7-9-16-10-12-17(13-11-16)14-19-23-20(29-24-19)15-18(30(6,26)27-8-2)21(25)28-22(3,4)5/h10-13,18H,7-9,14-15H2,1-6H3. The van der Waals surface area contributed by atoms with Gasteiger partial charge in [0.05, 0.1) is 6.61 Å². The molecule has 0 aliphatic heterocycles. The van der Waals surface area contributed by atoms with Crippen molar-refractivity contribution >= 4 is 13.3 Å². The van der Waals surface area contributed by atoms with Crippen LogP contribution < -0.4 is 0 Å². The van der Waals surface area contributed by atoms with Gasteiger partial charge in [-0.15, -0.1) is 0 Å². The van der Waals surface area contributed by atoms with E-state index in [1.165, 1.54) is 12.2 Å². The van der Waals surface area contributed by atoms with Crippen LogP contribution in [0.15, 0.2) is 28.8 Å². The number of aromatic nitrogens is 2. The molecule has 8 heteroatoms. The lowest BCUT2D eigenvalue weighted by atomic mass is 10.1. The second-order valence-electron chi connectivity index (χ2n) is 8.43. The number of nitrogens with zero attached hydrogens (tertiary/aromatic N) is 2. The third-order valence-electron chi connectivity index (χ3n) is 4.43. The molecule has 0 saturated heterocycles. The number of hydrogen-bond acceptors (Lipinski definition) is 7. The number of carbonyl (C=O) groups excluding carboxylic acids is 1. The van der Waals surface area contributed by atoms with E-state index in [0.717, 1.165) is 18.4 Å². The van der Waals surface area contributed by atoms with Gasteiger partial charge in [-0.25, -0.2) is 0 Å². The van der Waals surface area contributed by atoms with Gasteiger partial charge >= 0.3 is 5.97 Å². The van der Waals surface area contributed by atoms with E-state index in [4.69, 9.17) is 13.8 Å². The van der Waals surface area contributed by atoms with Crippen molar-refractivity contribution in [2.24, 2.45) is 0 Å². The summed E-state index contributed by atoms with van der Waals surface area (Å²) in [4.78, 5) is 17.1. The topological polar surface area (TPSA) is 91.5 Å². The highest BCUT2D eigenvalue weighted by atomic mass is 31.2. The summed E-state index contributed by atoms with van der Waals surface area (Å²) in [6.45, 7) is 10.9. The SMILES string of the molecule is CCCc1ccc(Cc2noc(CC(C(=O)OC(C)(C)C)P(C)(=O)OCC)n2)cc1. The minimum atomic E-state index is -3.28. The Balaban J connectivity index is 2.13. The second kappa shape index (κ2) is 10.4. The summed E-state index contributed by atoms with van der Waals surface area (Å²) < 4.78 is 29.2. The van der Waals surface area contributed by atoms with Crippen LogP contribution in [0.4, 0.5) is 0 Å². The Hall–Kier alpha value is -1.98. The number of esters is 1. The largest absolute Gasteiger partial charge is 0.459 e. The van der Waals surface area contributed by atoms with Crippen molar-refractivity contribution in [3.05, 3.63) is 47.1 Å². The van der Waals surface area contributed by atoms with Gasteiger partial charge in [-0.3, -0.25) is 9.36 Å². The molecular weight excluding hydrogens is 403 g/mol. The summed E-state index contributed by atoms with van der Waals surface area (Å²) in [7, 11) is -3.28. The molecule has 2 unspecified atom stereocenters. The predicted molar refractivity (Wildman–Crippen MR) is 116 cm³/mol. The first-order valence-corrected chi connectivity index (χ1v) is 12.5. The third-order valence-corrected chi connectivity index (χ3v) is 6.73. The van der Waals surface area contributed by atoms with Crippen LogP contribution in [-0.4, -0.2) is 40.6 Å². The van der Waals surface area contributed by atoms with Crippen LogP contribution in [-0.2, 0) is 37.9 Å². The highest BCUT2D eigenvalue weighted by molar-refractivity contribution is 7.60. The molecule has 0 bridgehead atoms. The average molecular weight is 436 g/mol. The Morgan fingerprint density at radius 2 is 1.80 bits per heavy atom. The van der Waals surface area contributed by atoms with Crippen molar-refractivity contribution < 1.29 is 23.1 Å². The molecule has 0 aliphatic rings. The zero-order valence-corrected chi connectivity index (χ0v) is 19.7. The van der Waals surface area contributed by atoms with Crippen LogP contribution >= 0.6 is 7.37 Å². The van der Waals surface area contributed by atoms with Crippen molar-refractivity contribution in [1.29, 1.82) is 0 Å².